The van der Waals surface area contributed by atoms with Crippen molar-refractivity contribution in [3.63, 3.8) is 0 Å². The summed E-state index contributed by atoms with van der Waals surface area (Å²) < 4.78 is 16.2. The zero-order valence-corrected chi connectivity index (χ0v) is 15.3. The number of nitrogens with zero attached hydrogens (tertiary/aromatic N) is 3. The van der Waals surface area contributed by atoms with E-state index in [0.717, 1.165) is 5.56 Å². The lowest BCUT2D eigenvalue weighted by Gasteiger charge is -2.24. The molecule has 10 nitrogen and oxygen atoms in total. The molecule has 0 radical (unpaired) electrons. The maximum atomic E-state index is 11.9. The number of aromatic nitrogens is 2. The summed E-state index contributed by atoms with van der Waals surface area (Å²) in [7, 11) is 0. The summed E-state index contributed by atoms with van der Waals surface area (Å²) in [5.74, 6) is -0.272. The minimum Gasteiger partial charge on any atom is -0.454 e. The van der Waals surface area contributed by atoms with Gasteiger partial charge in [-0.3, -0.25) is 15.2 Å². The average molecular weight is 403 g/mol. The smallest absolute Gasteiger partial charge is 0.277 e. The number of nitrogens with one attached hydrogen (secondary N) is 1. The molecule has 1 aromatic heterocycles. The highest BCUT2D eigenvalue weighted by Crippen LogP contribution is 2.50. The highest BCUT2D eigenvalue weighted by atomic mass is 16.7. The van der Waals surface area contributed by atoms with Crippen LogP contribution >= 0.6 is 0 Å². The maximum absolute atomic E-state index is 11.9. The number of hydrogen-bond acceptors (Lipinski definition) is 8. The van der Waals surface area contributed by atoms with Gasteiger partial charge >= 0.3 is 0 Å². The zero-order valence-electron chi connectivity index (χ0n) is 15.3. The number of aromatic amines is 1. The fraction of sp³-hybridized carbons (Fsp3) is 0.100. The van der Waals surface area contributed by atoms with Crippen LogP contribution in [0.4, 0.5) is 5.69 Å². The molecule has 2 aliphatic heterocycles. The number of ether oxygens (including phenoxy) is 3. The molecule has 0 bridgehead atoms. The Balaban J connectivity index is 1.80. The third-order valence-electron chi connectivity index (χ3n) is 5.03. The van der Waals surface area contributed by atoms with Gasteiger partial charge in [-0.05, 0) is 11.6 Å². The molecule has 1 atom stereocenters. The predicted octanol–water partition coefficient (Wildman–Crippen LogP) is 2.93. The van der Waals surface area contributed by atoms with E-state index < -0.39 is 10.8 Å². The summed E-state index contributed by atoms with van der Waals surface area (Å²) in [5.41, 5.74) is 7.85. The van der Waals surface area contributed by atoms with Crippen LogP contribution in [0.15, 0.2) is 53.9 Å². The van der Waals surface area contributed by atoms with Crippen LogP contribution in [0.3, 0.4) is 0 Å². The van der Waals surface area contributed by atoms with Gasteiger partial charge in [0, 0.05) is 5.56 Å². The Hall–Kier alpha value is -4.52. The first-order valence-electron chi connectivity index (χ1n) is 8.87. The Morgan fingerprint density at radius 3 is 2.67 bits per heavy atom. The van der Waals surface area contributed by atoms with E-state index in [1.165, 1.54) is 12.1 Å². The third kappa shape index (κ3) is 2.53. The lowest BCUT2D eigenvalue weighted by Crippen LogP contribution is -2.21. The second kappa shape index (κ2) is 6.52. The Morgan fingerprint density at radius 1 is 1.23 bits per heavy atom. The minimum atomic E-state index is -0.886. The van der Waals surface area contributed by atoms with Crippen molar-refractivity contribution in [3.8, 4) is 34.7 Å². The number of nitrogens with two attached hydrogens (primary N) is 1. The lowest BCUT2D eigenvalue weighted by atomic mass is 9.82. The molecule has 0 saturated carbocycles. The third-order valence-corrected chi connectivity index (χ3v) is 5.03. The van der Waals surface area contributed by atoms with Crippen molar-refractivity contribution in [2.45, 2.75) is 5.92 Å². The molecule has 2 aromatic carbocycles. The maximum Gasteiger partial charge on any atom is 0.277 e. The van der Waals surface area contributed by atoms with Crippen molar-refractivity contribution in [3.05, 3.63) is 75.2 Å². The number of rotatable bonds is 3. The first-order valence-corrected chi connectivity index (χ1v) is 8.87. The van der Waals surface area contributed by atoms with Gasteiger partial charge in [0.25, 0.3) is 5.69 Å². The molecule has 5 rings (SSSR count). The van der Waals surface area contributed by atoms with Gasteiger partial charge in [-0.25, -0.2) is 0 Å². The second-order valence-electron chi connectivity index (χ2n) is 6.63. The first kappa shape index (κ1) is 17.6. The first-order chi connectivity index (χ1) is 14.6. The van der Waals surface area contributed by atoms with Crippen molar-refractivity contribution in [2.75, 3.05) is 6.79 Å². The van der Waals surface area contributed by atoms with Crippen LogP contribution in [0.5, 0.6) is 17.4 Å². The van der Waals surface area contributed by atoms with Gasteiger partial charge in [0.1, 0.15) is 11.6 Å². The van der Waals surface area contributed by atoms with Gasteiger partial charge in [-0.15, -0.1) is 5.10 Å². The van der Waals surface area contributed by atoms with Crippen molar-refractivity contribution in [2.24, 2.45) is 5.73 Å². The summed E-state index contributed by atoms with van der Waals surface area (Å²) in [4.78, 5) is 11.3. The van der Waals surface area contributed by atoms with Crippen LogP contribution in [-0.4, -0.2) is 21.9 Å². The average Bonchev–Trinajstić information content (AvgIpc) is 3.38. The van der Waals surface area contributed by atoms with Crippen LogP contribution in [0.25, 0.3) is 11.3 Å². The molecule has 3 N–H and O–H groups in total. The quantitative estimate of drug-likeness (QED) is 0.501. The Bertz CT molecular complexity index is 1260. The summed E-state index contributed by atoms with van der Waals surface area (Å²) in [6.07, 6.45) is 0. The predicted molar refractivity (Wildman–Crippen MR) is 103 cm³/mol. The van der Waals surface area contributed by atoms with Gasteiger partial charge in [0.2, 0.25) is 18.6 Å². The summed E-state index contributed by atoms with van der Waals surface area (Å²) in [6.45, 7) is -0.0426. The molecule has 0 aliphatic carbocycles. The highest BCUT2D eigenvalue weighted by Gasteiger charge is 2.40. The number of hydrogen-bond donors (Lipinski definition) is 2. The van der Waals surface area contributed by atoms with E-state index in [0.29, 0.717) is 17.0 Å². The molecule has 0 saturated heterocycles. The van der Waals surface area contributed by atoms with Crippen molar-refractivity contribution in [1.82, 2.24) is 10.2 Å². The molecule has 30 heavy (non-hydrogen) atoms. The van der Waals surface area contributed by atoms with Gasteiger partial charge in [0.05, 0.1) is 28.2 Å². The fourth-order valence-corrected chi connectivity index (χ4v) is 3.72. The monoisotopic (exact) mass is 403 g/mol. The molecule has 3 heterocycles. The van der Waals surface area contributed by atoms with Gasteiger partial charge in [-0.2, -0.15) is 5.26 Å². The van der Waals surface area contributed by atoms with Crippen LogP contribution < -0.4 is 19.9 Å². The summed E-state index contributed by atoms with van der Waals surface area (Å²) in [6, 6.07) is 14.1. The molecule has 0 spiro atoms. The summed E-state index contributed by atoms with van der Waals surface area (Å²) in [5, 5.41) is 28.8. The van der Waals surface area contributed by atoms with E-state index in [1.807, 2.05) is 36.4 Å². The Morgan fingerprint density at radius 2 is 1.97 bits per heavy atom. The number of fused-ring (bicyclic) bond motifs is 2. The number of nitriles is 1. The molecular weight excluding hydrogens is 390 g/mol. The largest absolute Gasteiger partial charge is 0.454 e. The van der Waals surface area contributed by atoms with Gasteiger partial charge in [-0.1, -0.05) is 30.3 Å². The molecule has 10 heteroatoms. The van der Waals surface area contributed by atoms with Crippen molar-refractivity contribution >= 4 is 5.69 Å². The number of H-pyrrole nitrogens is 1. The standard InChI is InChI=1S/C20H13N5O5/c21-8-12-16(11-6-14-15(29-9-28-14)7-13(11)25(26)27)17-18(10-4-2-1-3-5-10)23-24-20(17)30-19(12)22/h1-7,16H,9,22H2,(H,23,24)/t16-/m0/s1. The second-order valence-corrected chi connectivity index (χ2v) is 6.63. The molecule has 0 fully saturated rings. The molecule has 0 amide bonds. The summed E-state index contributed by atoms with van der Waals surface area (Å²) >= 11 is 0. The fourth-order valence-electron chi connectivity index (χ4n) is 3.72. The molecule has 148 valence electrons. The van der Waals surface area contributed by atoms with E-state index in [1.54, 1.807) is 0 Å². The van der Waals surface area contributed by atoms with Gasteiger partial charge in [0.15, 0.2) is 11.5 Å². The molecule has 2 aliphatic rings. The van der Waals surface area contributed by atoms with Crippen LogP contribution in [0.2, 0.25) is 0 Å². The van der Waals surface area contributed by atoms with Crippen LogP contribution in [-0.2, 0) is 0 Å². The van der Waals surface area contributed by atoms with E-state index in [9.17, 15) is 15.4 Å². The normalized spacial score (nSPS) is 16.6. The zero-order chi connectivity index (χ0) is 20.8. The van der Waals surface area contributed by atoms with E-state index in [2.05, 4.69) is 10.2 Å². The molecule has 3 aromatic rings. The SMILES string of the molecule is N#CC1=C(N)Oc2n[nH]c(-c3ccccc3)c2[C@H]1c1cc2c(cc1[N+](=O)[O-])OCO2. The van der Waals surface area contributed by atoms with E-state index in [-0.39, 0.29) is 41.1 Å². The Kier molecular flexibility index (Phi) is 3.82. The van der Waals surface area contributed by atoms with Crippen LogP contribution in [0.1, 0.15) is 17.0 Å². The molecular formula is C20H13N5O5. The van der Waals surface area contributed by atoms with E-state index >= 15 is 0 Å². The van der Waals surface area contributed by atoms with Crippen molar-refractivity contribution in [1.29, 1.82) is 5.26 Å². The topological polar surface area (TPSA) is 149 Å². The van der Waals surface area contributed by atoms with Crippen molar-refractivity contribution < 1.29 is 19.1 Å². The Labute approximate surface area is 169 Å². The van der Waals surface area contributed by atoms with Gasteiger partial charge < -0.3 is 19.9 Å². The number of nitro groups is 1. The minimum absolute atomic E-state index is 0.0426. The highest BCUT2D eigenvalue weighted by molar-refractivity contribution is 5.73. The number of allylic oxidation sites excluding steroid dienone is 1. The lowest BCUT2D eigenvalue weighted by molar-refractivity contribution is -0.385. The molecule has 0 unspecified atom stereocenters. The van der Waals surface area contributed by atoms with Crippen LogP contribution in [0, 0.1) is 21.4 Å². The number of benzene rings is 2. The number of nitro benzene ring substituents is 1. The van der Waals surface area contributed by atoms with E-state index in [4.69, 9.17) is 19.9 Å².